The van der Waals surface area contributed by atoms with Crippen LogP contribution in [-0.4, -0.2) is 8.42 Å². The molecule has 1 aromatic heterocycles. The van der Waals surface area contributed by atoms with Crippen LogP contribution in [0.15, 0.2) is 35.2 Å². The fourth-order valence-electron chi connectivity index (χ4n) is 2.03. The number of hydrogen-bond acceptors (Lipinski definition) is 4. The Morgan fingerprint density at radius 3 is 2.67 bits per heavy atom. The van der Waals surface area contributed by atoms with E-state index in [9.17, 15) is 12.8 Å². The van der Waals surface area contributed by atoms with Gasteiger partial charge >= 0.3 is 0 Å². The highest BCUT2D eigenvalue weighted by Gasteiger charge is 2.22. The third kappa shape index (κ3) is 3.68. The van der Waals surface area contributed by atoms with Gasteiger partial charge in [0.2, 0.25) is 10.0 Å². The van der Waals surface area contributed by atoms with Gasteiger partial charge in [0.05, 0.1) is 4.90 Å². The van der Waals surface area contributed by atoms with E-state index in [2.05, 4.69) is 4.72 Å². The van der Waals surface area contributed by atoms with Crippen LogP contribution in [0.2, 0.25) is 0 Å². The zero-order valence-corrected chi connectivity index (χ0v) is 13.4. The molecule has 2 rings (SSSR count). The maximum atomic E-state index is 13.2. The number of aryl methyl sites for hydroxylation is 1. The molecule has 0 fully saturated rings. The summed E-state index contributed by atoms with van der Waals surface area (Å²) in [5.41, 5.74) is 6.11. The average Bonchev–Trinajstić information content (AvgIpc) is 2.80. The van der Waals surface area contributed by atoms with Crippen molar-refractivity contribution in [2.24, 2.45) is 5.73 Å². The summed E-state index contributed by atoms with van der Waals surface area (Å²) >= 11 is 1.36. The average molecular weight is 328 g/mol. The van der Waals surface area contributed by atoms with Crippen molar-refractivity contribution in [3.05, 3.63) is 51.5 Å². The molecule has 1 atom stereocenters. The van der Waals surface area contributed by atoms with Gasteiger partial charge < -0.3 is 5.73 Å². The quantitative estimate of drug-likeness (QED) is 0.886. The first-order valence-corrected chi connectivity index (χ1v) is 8.70. The van der Waals surface area contributed by atoms with Crippen molar-refractivity contribution in [1.29, 1.82) is 0 Å². The van der Waals surface area contributed by atoms with Crippen molar-refractivity contribution >= 4 is 21.4 Å². The minimum Gasteiger partial charge on any atom is -0.326 e. The summed E-state index contributed by atoms with van der Waals surface area (Å²) in [6.45, 7) is 3.73. The number of hydrogen-bond donors (Lipinski definition) is 2. The third-order valence-corrected chi connectivity index (χ3v) is 5.96. The number of benzene rings is 1. The van der Waals surface area contributed by atoms with Gasteiger partial charge in [-0.3, -0.25) is 0 Å². The van der Waals surface area contributed by atoms with E-state index in [4.69, 9.17) is 5.73 Å². The number of thiophene rings is 1. The van der Waals surface area contributed by atoms with Crippen LogP contribution >= 0.6 is 11.3 Å². The maximum Gasteiger partial charge on any atom is 0.242 e. The molecule has 0 bridgehead atoms. The molecule has 0 saturated carbocycles. The normalized spacial score (nSPS) is 13.3. The first-order chi connectivity index (χ1) is 9.83. The first-order valence-electron chi connectivity index (χ1n) is 6.40. The summed E-state index contributed by atoms with van der Waals surface area (Å²) in [6.07, 6.45) is 0. The van der Waals surface area contributed by atoms with Gasteiger partial charge in [-0.25, -0.2) is 17.5 Å². The van der Waals surface area contributed by atoms with E-state index in [1.54, 1.807) is 32.0 Å². The van der Waals surface area contributed by atoms with E-state index in [1.807, 2.05) is 0 Å². The Bertz CT molecular complexity index is 741. The van der Waals surface area contributed by atoms with Crippen LogP contribution < -0.4 is 10.5 Å². The lowest BCUT2D eigenvalue weighted by molar-refractivity contribution is 0.564. The molecule has 0 aliphatic heterocycles. The zero-order valence-electron chi connectivity index (χ0n) is 11.8. The van der Waals surface area contributed by atoms with Crippen molar-refractivity contribution in [3.63, 3.8) is 0 Å². The minimum atomic E-state index is -3.66. The second kappa shape index (κ2) is 6.23. The van der Waals surface area contributed by atoms with Crippen LogP contribution in [0.3, 0.4) is 0 Å². The molecule has 2 aromatic rings. The van der Waals surface area contributed by atoms with Crippen molar-refractivity contribution in [3.8, 4) is 0 Å². The monoisotopic (exact) mass is 328 g/mol. The Balaban J connectivity index is 2.26. The molecule has 0 amide bonds. The fraction of sp³-hybridized carbons (Fsp3) is 0.286. The Morgan fingerprint density at radius 2 is 2.10 bits per heavy atom. The summed E-state index contributed by atoms with van der Waals surface area (Å²) < 4.78 is 40.6. The van der Waals surface area contributed by atoms with Crippen molar-refractivity contribution in [2.45, 2.75) is 31.3 Å². The molecule has 0 aliphatic carbocycles. The van der Waals surface area contributed by atoms with Crippen LogP contribution in [0.25, 0.3) is 0 Å². The molecule has 21 heavy (non-hydrogen) atoms. The molecule has 0 radical (unpaired) electrons. The molecular formula is C14H17FN2O2S2. The van der Waals surface area contributed by atoms with Crippen molar-refractivity contribution < 1.29 is 12.8 Å². The highest BCUT2D eigenvalue weighted by molar-refractivity contribution is 7.89. The lowest BCUT2D eigenvalue weighted by Crippen LogP contribution is -2.27. The molecule has 0 aliphatic rings. The van der Waals surface area contributed by atoms with Crippen LogP contribution in [0.5, 0.6) is 0 Å². The number of rotatable bonds is 5. The highest BCUT2D eigenvalue weighted by atomic mass is 32.2. The molecule has 1 aromatic carbocycles. The minimum absolute atomic E-state index is 0.233. The maximum absolute atomic E-state index is 13.2. The van der Waals surface area contributed by atoms with E-state index in [0.717, 1.165) is 4.88 Å². The first kappa shape index (κ1) is 16.1. The Labute approximate surface area is 127 Å². The second-order valence-electron chi connectivity index (χ2n) is 4.74. The van der Waals surface area contributed by atoms with E-state index in [1.165, 1.54) is 23.5 Å². The number of nitrogens with one attached hydrogen (secondary N) is 1. The smallest absolute Gasteiger partial charge is 0.242 e. The molecule has 4 nitrogen and oxygen atoms in total. The number of nitrogens with two attached hydrogens (primary N) is 1. The van der Waals surface area contributed by atoms with Crippen LogP contribution in [0, 0.1) is 12.7 Å². The van der Waals surface area contributed by atoms with Gasteiger partial charge in [-0.15, -0.1) is 11.3 Å². The molecule has 0 saturated heterocycles. The van der Waals surface area contributed by atoms with E-state index < -0.39 is 21.9 Å². The van der Waals surface area contributed by atoms with Gasteiger partial charge in [0.15, 0.2) is 0 Å². The van der Waals surface area contributed by atoms with Crippen LogP contribution in [0.4, 0.5) is 4.39 Å². The highest BCUT2D eigenvalue weighted by Crippen LogP contribution is 2.26. The third-order valence-electron chi connectivity index (χ3n) is 3.09. The molecule has 1 unspecified atom stereocenters. The van der Waals surface area contributed by atoms with Gasteiger partial charge in [-0.1, -0.05) is 12.1 Å². The SMILES string of the molecule is Cc1sc(CN)cc1S(=O)(=O)NC(C)c1cccc(F)c1. The van der Waals surface area contributed by atoms with Gasteiger partial charge in [0, 0.05) is 22.3 Å². The second-order valence-corrected chi connectivity index (χ2v) is 7.76. The zero-order chi connectivity index (χ0) is 15.6. The van der Waals surface area contributed by atoms with Crippen molar-refractivity contribution in [2.75, 3.05) is 0 Å². The van der Waals surface area contributed by atoms with Crippen LogP contribution in [0.1, 0.15) is 28.3 Å². The summed E-state index contributed by atoms with van der Waals surface area (Å²) in [5.74, 6) is -0.393. The van der Waals surface area contributed by atoms with Gasteiger partial charge in [0.1, 0.15) is 5.82 Å². The molecule has 0 spiro atoms. The standard InChI is InChI=1S/C14H17FN2O2S2/c1-9(11-4-3-5-12(15)6-11)17-21(18,19)14-7-13(8-16)20-10(14)2/h3-7,9,17H,8,16H2,1-2H3. The summed E-state index contributed by atoms with van der Waals surface area (Å²) in [7, 11) is -3.66. The van der Waals surface area contributed by atoms with Gasteiger partial charge in [0.25, 0.3) is 0 Å². The Hall–Kier alpha value is -1.28. The summed E-state index contributed by atoms with van der Waals surface area (Å²) in [4.78, 5) is 1.73. The van der Waals surface area contributed by atoms with Gasteiger partial charge in [-0.05, 0) is 37.6 Å². The van der Waals surface area contributed by atoms with E-state index in [-0.39, 0.29) is 4.90 Å². The topological polar surface area (TPSA) is 72.2 Å². The summed E-state index contributed by atoms with van der Waals surface area (Å²) in [5, 5.41) is 0. The predicted molar refractivity (Wildman–Crippen MR) is 82.1 cm³/mol. The molecule has 1 heterocycles. The Kier molecular flexibility index (Phi) is 4.77. The number of sulfonamides is 1. The summed E-state index contributed by atoms with van der Waals surface area (Å²) in [6, 6.07) is 6.94. The largest absolute Gasteiger partial charge is 0.326 e. The fourth-order valence-corrected chi connectivity index (χ4v) is 4.78. The van der Waals surface area contributed by atoms with E-state index in [0.29, 0.717) is 17.0 Å². The van der Waals surface area contributed by atoms with Gasteiger partial charge in [-0.2, -0.15) is 0 Å². The predicted octanol–water partition coefficient (Wildman–Crippen LogP) is 2.69. The number of halogens is 1. The molecule has 114 valence electrons. The van der Waals surface area contributed by atoms with Crippen LogP contribution in [-0.2, 0) is 16.6 Å². The Morgan fingerprint density at radius 1 is 1.38 bits per heavy atom. The van der Waals surface area contributed by atoms with Crippen molar-refractivity contribution in [1.82, 2.24) is 4.72 Å². The molecule has 3 N–H and O–H groups in total. The molecular weight excluding hydrogens is 311 g/mol. The lowest BCUT2D eigenvalue weighted by atomic mass is 10.1. The lowest BCUT2D eigenvalue weighted by Gasteiger charge is -2.14. The molecule has 7 heteroatoms. The van der Waals surface area contributed by atoms with E-state index >= 15 is 0 Å².